The summed E-state index contributed by atoms with van der Waals surface area (Å²) in [4.78, 5) is 15.9. The number of aromatic nitrogens is 3. The Balaban J connectivity index is 1.15. The number of fused-ring (bicyclic) bond motifs is 10. The van der Waals surface area contributed by atoms with Crippen molar-refractivity contribution in [3.05, 3.63) is 175 Å². The van der Waals surface area contributed by atoms with Gasteiger partial charge in [0.05, 0.1) is 22.6 Å². The van der Waals surface area contributed by atoms with Crippen molar-refractivity contribution in [2.75, 3.05) is 0 Å². The maximum absolute atomic E-state index is 5.43. The predicted molar refractivity (Wildman–Crippen MR) is 227 cm³/mol. The third-order valence-electron chi connectivity index (χ3n) is 11.3. The van der Waals surface area contributed by atoms with Crippen LogP contribution in [-0.2, 0) is 5.41 Å². The molecule has 1 aliphatic rings. The van der Waals surface area contributed by atoms with Gasteiger partial charge in [0.1, 0.15) is 0 Å². The molecule has 0 bridgehead atoms. The van der Waals surface area contributed by atoms with Gasteiger partial charge in [-0.25, -0.2) is 15.0 Å². The molecule has 1 aliphatic carbocycles. The van der Waals surface area contributed by atoms with Gasteiger partial charge >= 0.3 is 0 Å². The second-order valence-electron chi connectivity index (χ2n) is 14.8. The Morgan fingerprint density at radius 2 is 1.07 bits per heavy atom. The molecular weight excluding hydrogens is 675 g/mol. The Morgan fingerprint density at radius 3 is 1.89 bits per heavy atom. The summed E-state index contributed by atoms with van der Waals surface area (Å²) < 4.78 is 2.58. The zero-order valence-electron chi connectivity index (χ0n) is 29.8. The third kappa shape index (κ3) is 4.70. The van der Waals surface area contributed by atoms with E-state index in [1.54, 1.807) is 0 Å². The number of pyridine rings is 1. The summed E-state index contributed by atoms with van der Waals surface area (Å²) >= 11 is 1.85. The summed E-state index contributed by atoms with van der Waals surface area (Å²) in [6, 6.07) is 58.6. The van der Waals surface area contributed by atoms with E-state index in [1.165, 1.54) is 47.8 Å². The van der Waals surface area contributed by atoms with Crippen LogP contribution in [0.5, 0.6) is 0 Å². The average molecular weight is 708 g/mol. The minimum absolute atomic E-state index is 0.0573. The zero-order chi connectivity index (χ0) is 36.0. The highest BCUT2D eigenvalue weighted by Gasteiger charge is 2.35. The van der Waals surface area contributed by atoms with Crippen LogP contribution in [0.15, 0.2) is 164 Å². The van der Waals surface area contributed by atoms with Gasteiger partial charge in [0.15, 0.2) is 5.82 Å². The first kappa shape index (κ1) is 31.1. The zero-order valence-corrected chi connectivity index (χ0v) is 30.7. The SMILES string of the molecule is CC1(C)c2ccccc2-c2cc(-c3cc(-c4ccc5c(c4)nc(-c4ccccc4)c4ccc6sc7ccccc7c6c45)nc(-c4ccccc4)n3)ccc21. The van der Waals surface area contributed by atoms with Crippen molar-refractivity contribution >= 4 is 53.2 Å². The highest BCUT2D eigenvalue weighted by Crippen LogP contribution is 2.50. The van der Waals surface area contributed by atoms with Gasteiger partial charge in [0.25, 0.3) is 0 Å². The second-order valence-corrected chi connectivity index (χ2v) is 15.9. The highest BCUT2D eigenvalue weighted by atomic mass is 32.1. The van der Waals surface area contributed by atoms with E-state index in [9.17, 15) is 0 Å². The molecule has 0 saturated heterocycles. The number of nitrogens with zero attached hydrogens (tertiary/aromatic N) is 3. The van der Waals surface area contributed by atoms with Crippen LogP contribution in [0.1, 0.15) is 25.0 Å². The molecule has 0 unspecified atom stereocenters. The van der Waals surface area contributed by atoms with E-state index in [0.29, 0.717) is 5.82 Å². The smallest absolute Gasteiger partial charge is 0.160 e. The lowest BCUT2D eigenvalue weighted by Gasteiger charge is -2.21. The normalized spacial score (nSPS) is 13.1. The van der Waals surface area contributed by atoms with Gasteiger partial charge in [-0.15, -0.1) is 11.3 Å². The second kappa shape index (κ2) is 11.8. The fourth-order valence-electron chi connectivity index (χ4n) is 8.62. The van der Waals surface area contributed by atoms with Crippen molar-refractivity contribution in [2.24, 2.45) is 0 Å². The lowest BCUT2D eigenvalue weighted by atomic mass is 9.82. The first-order valence-corrected chi connectivity index (χ1v) is 19.3. The summed E-state index contributed by atoms with van der Waals surface area (Å²) in [5.41, 5.74) is 13.1. The van der Waals surface area contributed by atoms with E-state index in [0.717, 1.165) is 55.6 Å². The van der Waals surface area contributed by atoms with Gasteiger partial charge in [-0.3, -0.25) is 0 Å². The molecule has 3 aromatic heterocycles. The lowest BCUT2D eigenvalue weighted by molar-refractivity contribution is 0.660. The van der Waals surface area contributed by atoms with Gasteiger partial charge in [0.2, 0.25) is 0 Å². The van der Waals surface area contributed by atoms with Crippen LogP contribution < -0.4 is 0 Å². The molecule has 54 heavy (non-hydrogen) atoms. The number of rotatable bonds is 4. The Kier molecular flexibility index (Phi) is 6.77. The van der Waals surface area contributed by atoms with Crippen molar-refractivity contribution in [2.45, 2.75) is 19.3 Å². The molecule has 3 heterocycles. The first-order valence-electron chi connectivity index (χ1n) is 18.4. The number of benzene rings is 7. The Morgan fingerprint density at radius 1 is 0.426 bits per heavy atom. The Labute approximate surface area is 317 Å². The van der Waals surface area contributed by atoms with Gasteiger partial charge in [-0.2, -0.15) is 0 Å². The molecule has 254 valence electrons. The molecule has 0 atom stereocenters. The van der Waals surface area contributed by atoms with Crippen LogP contribution in [0.25, 0.3) is 98.1 Å². The van der Waals surface area contributed by atoms with E-state index in [1.807, 2.05) is 29.5 Å². The molecule has 0 amide bonds. The first-order chi connectivity index (χ1) is 26.5. The topological polar surface area (TPSA) is 38.7 Å². The van der Waals surface area contributed by atoms with Gasteiger partial charge in [-0.1, -0.05) is 147 Å². The van der Waals surface area contributed by atoms with Crippen molar-refractivity contribution in [1.29, 1.82) is 0 Å². The van der Waals surface area contributed by atoms with E-state index in [-0.39, 0.29) is 5.41 Å². The monoisotopic (exact) mass is 707 g/mol. The lowest BCUT2D eigenvalue weighted by Crippen LogP contribution is -2.14. The van der Waals surface area contributed by atoms with Gasteiger partial charge in [0, 0.05) is 64.0 Å². The van der Waals surface area contributed by atoms with Gasteiger partial charge in [-0.05, 0) is 52.6 Å². The number of hydrogen-bond acceptors (Lipinski definition) is 4. The summed E-state index contributed by atoms with van der Waals surface area (Å²) in [6.07, 6.45) is 0. The Hall–Kier alpha value is -6.49. The number of hydrogen-bond donors (Lipinski definition) is 0. The van der Waals surface area contributed by atoms with E-state index >= 15 is 0 Å². The minimum Gasteiger partial charge on any atom is -0.247 e. The third-order valence-corrected chi connectivity index (χ3v) is 12.4. The fourth-order valence-corrected chi connectivity index (χ4v) is 9.74. The molecule has 0 saturated carbocycles. The Bertz CT molecular complexity index is 3120. The molecule has 7 aromatic carbocycles. The van der Waals surface area contributed by atoms with Crippen LogP contribution in [0.3, 0.4) is 0 Å². The van der Waals surface area contributed by atoms with E-state index < -0.39 is 0 Å². The molecule has 10 aromatic rings. The maximum Gasteiger partial charge on any atom is 0.160 e. The average Bonchev–Trinajstić information content (AvgIpc) is 3.72. The molecule has 3 nitrogen and oxygen atoms in total. The molecule has 0 N–H and O–H groups in total. The van der Waals surface area contributed by atoms with Crippen molar-refractivity contribution in [3.63, 3.8) is 0 Å². The molecule has 11 rings (SSSR count). The maximum atomic E-state index is 5.43. The van der Waals surface area contributed by atoms with Crippen LogP contribution in [0, 0.1) is 0 Å². The summed E-state index contributed by atoms with van der Waals surface area (Å²) in [6.45, 7) is 4.64. The van der Waals surface area contributed by atoms with Gasteiger partial charge < -0.3 is 0 Å². The summed E-state index contributed by atoms with van der Waals surface area (Å²) in [5.74, 6) is 0.701. The quantitative estimate of drug-likeness (QED) is 0.171. The summed E-state index contributed by atoms with van der Waals surface area (Å²) in [5, 5.41) is 6.12. The highest BCUT2D eigenvalue weighted by molar-refractivity contribution is 7.26. The van der Waals surface area contributed by atoms with Crippen molar-refractivity contribution < 1.29 is 0 Å². The van der Waals surface area contributed by atoms with Crippen LogP contribution in [-0.4, -0.2) is 15.0 Å². The number of thiophene rings is 1. The minimum atomic E-state index is -0.0573. The largest absolute Gasteiger partial charge is 0.247 e. The standard InChI is InChI=1S/C50H33N3S/c1-50(2)39-19-11-9-17-34(39)38-27-32(22-25-40(38)50)41-29-42(53-49(52-41)31-15-7-4-8-16-31)33-21-23-35-43(28-33)51-48(30-13-5-3-6-14-30)37-24-26-45-47(46(35)37)36-18-10-12-20-44(36)54-45/h3-29H,1-2H3. The van der Waals surface area contributed by atoms with E-state index in [2.05, 4.69) is 159 Å². The van der Waals surface area contributed by atoms with Crippen molar-refractivity contribution in [3.8, 4) is 56.3 Å². The molecule has 0 spiro atoms. The molecular formula is C50H33N3S. The fraction of sp³-hybridized carbons (Fsp3) is 0.0600. The summed E-state index contributed by atoms with van der Waals surface area (Å²) in [7, 11) is 0. The molecule has 0 fully saturated rings. The molecule has 4 heteroatoms. The van der Waals surface area contributed by atoms with Crippen LogP contribution in [0.4, 0.5) is 0 Å². The molecule has 0 aliphatic heterocycles. The van der Waals surface area contributed by atoms with E-state index in [4.69, 9.17) is 15.0 Å². The molecule has 0 radical (unpaired) electrons. The van der Waals surface area contributed by atoms with Crippen LogP contribution in [0.2, 0.25) is 0 Å². The van der Waals surface area contributed by atoms with Crippen molar-refractivity contribution in [1.82, 2.24) is 15.0 Å². The predicted octanol–water partition coefficient (Wildman–Crippen LogP) is 13.5. The van der Waals surface area contributed by atoms with Crippen LogP contribution >= 0.6 is 11.3 Å².